The van der Waals surface area contributed by atoms with Gasteiger partial charge < -0.3 is 4.74 Å². The van der Waals surface area contributed by atoms with E-state index in [1.807, 2.05) is 34.9 Å². The van der Waals surface area contributed by atoms with Crippen LogP contribution in [-0.2, 0) is 18.0 Å². The van der Waals surface area contributed by atoms with Crippen LogP contribution in [0.15, 0.2) is 67.4 Å². The Hall–Kier alpha value is -3.38. The Morgan fingerprint density at radius 2 is 2.00 bits per heavy atom. The molecule has 128 valence electrons. The van der Waals surface area contributed by atoms with Gasteiger partial charge in [-0.25, -0.2) is 15.0 Å². The summed E-state index contributed by atoms with van der Waals surface area (Å²) < 4.78 is 7.74. The van der Waals surface area contributed by atoms with E-state index in [1.165, 1.54) is 6.33 Å². The SMILES string of the molecule is O=Cc1ccc2c(c1)ncn2-c1cccc(COCc2ccncn2)c1. The molecule has 0 bridgehead atoms. The Balaban J connectivity index is 1.53. The number of nitrogens with zero attached hydrogens (tertiary/aromatic N) is 4. The summed E-state index contributed by atoms with van der Waals surface area (Å²) in [6.45, 7) is 0.926. The second-order valence-electron chi connectivity index (χ2n) is 5.84. The van der Waals surface area contributed by atoms with Gasteiger partial charge in [0.1, 0.15) is 18.9 Å². The van der Waals surface area contributed by atoms with Gasteiger partial charge in [-0.3, -0.25) is 9.36 Å². The Bertz CT molecular complexity index is 1040. The van der Waals surface area contributed by atoms with Crippen LogP contribution < -0.4 is 0 Å². The van der Waals surface area contributed by atoms with Crippen molar-refractivity contribution >= 4 is 17.3 Å². The van der Waals surface area contributed by atoms with E-state index in [4.69, 9.17) is 4.74 Å². The molecule has 0 unspecified atom stereocenters. The van der Waals surface area contributed by atoms with Gasteiger partial charge in [0.2, 0.25) is 0 Å². The molecule has 0 fully saturated rings. The highest BCUT2D eigenvalue weighted by Crippen LogP contribution is 2.20. The van der Waals surface area contributed by atoms with E-state index in [1.54, 1.807) is 24.7 Å². The van der Waals surface area contributed by atoms with E-state index in [0.29, 0.717) is 18.8 Å². The first-order valence-corrected chi connectivity index (χ1v) is 8.18. The van der Waals surface area contributed by atoms with Gasteiger partial charge in [-0.2, -0.15) is 0 Å². The molecule has 0 radical (unpaired) electrons. The summed E-state index contributed by atoms with van der Waals surface area (Å²) in [5.74, 6) is 0. The fourth-order valence-corrected chi connectivity index (χ4v) is 2.78. The zero-order chi connectivity index (χ0) is 17.8. The number of ether oxygens (including phenoxy) is 1. The van der Waals surface area contributed by atoms with Crippen LogP contribution >= 0.6 is 0 Å². The largest absolute Gasteiger partial charge is 0.370 e. The summed E-state index contributed by atoms with van der Waals surface area (Å²) in [5.41, 5.74) is 5.27. The lowest BCUT2D eigenvalue weighted by Crippen LogP contribution is -1.98. The molecule has 2 heterocycles. The first-order valence-electron chi connectivity index (χ1n) is 8.18. The molecular weight excluding hydrogens is 328 g/mol. The van der Waals surface area contributed by atoms with Gasteiger partial charge in [0.25, 0.3) is 0 Å². The molecule has 26 heavy (non-hydrogen) atoms. The lowest BCUT2D eigenvalue weighted by molar-refractivity contribution is 0.104. The number of aldehydes is 1. The maximum absolute atomic E-state index is 10.9. The van der Waals surface area contributed by atoms with Crippen LogP contribution in [0.2, 0.25) is 0 Å². The molecule has 0 spiro atoms. The molecule has 6 nitrogen and oxygen atoms in total. The molecule has 0 saturated carbocycles. The van der Waals surface area contributed by atoms with Crippen molar-refractivity contribution in [3.63, 3.8) is 0 Å². The van der Waals surface area contributed by atoms with E-state index < -0.39 is 0 Å². The predicted octanol–water partition coefficient (Wildman–Crippen LogP) is 3.34. The molecule has 4 aromatic rings. The van der Waals surface area contributed by atoms with Crippen molar-refractivity contribution < 1.29 is 9.53 Å². The Morgan fingerprint density at radius 1 is 1.04 bits per heavy atom. The van der Waals surface area contributed by atoms with Gasteiger partial charge in [-0.1, -0.05) is 12.1 Å². The number of hydrogen-bond donors (Lipinski definition) is 0. The summed E-state index contributed by atoms with van der Waals surface area (Å²) >= 11 is 0. The van der Waals surface area contributed by atoms with E-state index in [0.717, 1.165) is 34.3 Å². The molecule has 0 aliphatic carbocycles. The van der Waals surface area contributed by atoms with Crippen LogP contribution in [-0.4, -0.2) is 25.8 Å². The van der Waals surface area contributed by atoms with Crippen molar-refractivity contribution in [2.45, 2.75) is 13.2 Å². The average molecular weight is 344 g/mol. The molecule has 0 N–H and O–H groups in total. The van der Waals surface area contributed by atoms with Crippen molar-refractivity contribution in [3.05, 3.63) is 84.2 Å². The zero-order valence-electron chi connectivity index (χ0n) is 13.9. The molecule has 4 rings (SSSR count). The zero-order valence-corrected chi connectivity index (χ0v) is 13.9. The smallest absolute Gasteiger partial charge is 0.150 e. The molecule has 2 aromatic heterocycles. The standard InChI is InChI=1S/C20H16N4O2/c25-10-15-4-5-20-19(9-15)23-14-24(20)18-3-1-2-16(8-18)11-26-12-17-6-7-21-13-22-17/h1-10,13-14H,11-12H2. The van der Waals surface area contributed by atoms with E-state index in [-0.39, 0.29) is 0 Å². The number of carbonyl (C=O) groups excluding carboxylic acids is 1. The van der Waals surface area contributed by atoms with Gasteiger partial charge in [-0.15, -0.1) is 0 Å². The quantitative estimate of drug-likeness (QED) is 0.502. The minimum Gasteiger partial charge on any atom is -0.370 e. The Kier molecular flexibility index (Phi) is 4.49. The van der Waals surface area contributed by atoms with Crippen molar-refractivity contribution in [3.8, 4) is 5.69 Å². The third-order valence-corrected chi connectivity index (χ3v) is 4.06. The van der Waals surface area contributed by atoms with Crippen LogP contribution in [0.5, 0.6) is 0 Å². The molecule has 0 aliphatic heterocycles. The third-order valence-electron chi connectivity index (χ3n) is 4.06. The summed E-state index contributed by atoms with van der Waals surface area (Å²) in [7, 11) is 0. The van der Waals surface area contributed by atoms with Crippen molar-refractivity contribution in [1.29, 1.82) is 0 Å². The number of rotatable bonds is 6. The fraction of sp³-hybridized carbons (Fsp3) is 0.100. The average Bonchev–Trinajstić information content (AvgIpc) is 3.12. The molecule has 2 aromatic carbocycles. The van der Waals surface area contributed by atoms with E-state index in [2.05, 4.69) is 21.0 Å². The van der Waals surface area contributed by atoms with Crippen molar-refractivity contribution in [1.82, 2.24) is 19.5 Å². The fourth-order valence-electron chi connectivity index (χ4n) is 2.78. The minimum atomic E-state index is 0.440. The minimum absolute atomic E-state index is 0.440. The van der Waals surface area contributed by atoms with Crippen LogP contribution in [0, 0.1) is 0 Å². The van der Waals surface area contributed by atoms with Crippen LogP contribution in [0.1, 0.15) is 21.6 Å². The van der Waals surface area contributed by atoms with Gasteiger partial charge in [0.15, 0.2) is 0 Å². The van der Waals surface area contributed by atoms with Gasteiger partial charge in [-0.05, 0) is 42.0 Å². The first kappa shape index (κ1) is 16.1. The highest BCUT2D eigenvalue weighted by Gasteiger charge is 2.06. The predicted molar refractivity (Wildman–Crippen MR) is 97.0 cm³/mol. The lowest BCUT2D eigenvalue weighted by Gasteiger charge is -2.08. The number of benzene rings is 2. The monoisotopic (exact) mass is 344 g/mol. The second kappa shape index (κ2) is 7.25. The maximum Gasteiger partial charge on any atom is 0.150 e. The van der Waals surface area contributed by atoms with E-state index >= 15 is 0 Å². The molecular formula is C20H16N4O2. The van der Waals surface area contributed by atoms with Gasteiger partial charge >= 0.3 is 0 Å². The molecule has 6 heteroatoms. The second-order valence-corrected chi connectivity index (χ2v) is 5.84. The van der Waals surface area contributed by atoms with Gasteiger partial charge in [0, 0.05) is 17.4 Å². The summed E-state index contributed by atoms with van der Waals surface area (Å²) in [5, 5.41) is 0. The number of aromatic nitrogens is 4. The number of imidazole rings is 1. The number of carbonyl (C=O) groups is 1. The molecule has 0 amide bonds. The molecule has 0 atom stereocenters. The molecule has 0 aliphatic rings. The molecule has 0 saturated heterocycles. The third kappa shape index (κ3) is 3.36. The van der Waals surface area contributed by atoms with E-state index in [9.17, 15) is 4.79 Å². The van der Waals surface area contributed by atoms with Crippen LogP contribution in [0.25, 0.3) is 16.7 Å². The van der Waals surface area contributed by atoms with Crippen LogP contribution in [0.3, 0.4) is 0 Å². The summed E-state index contributed by atoms with van der Waals surface area (Å²) in [4.78, 5) is 23.3. The van der Waals surface area contributed by atoms with Crippen molar-refractivity contribution in [2.24, 2.45) is 0 Å². The van der Waals surface area contributed by atoms with Gasteiger partial charge in [0.05, 0.1) is 29.9 Å². The Morgan fingerprint density at radius 3 is 2.85 bits per heavy atom. The lowest BCUT2D eigenvalue weighted by atomic mass is 10.2. The summed E-state index contributed by atoms with van der Waals surface area (Å²) in [6.07, 6.45) is 5.81. The first-order chi connectivity index (χ1) is 12.8. The van der Waals surface area contributed by atoms with Crippen LogP contribution in [0.4, 0.5) is 0 Å². The highest BCUT2D eigenvalue weighted by atomic mass is 16.5. The normalized spacial score (nSPS) is 10.9. The maximum atomic E-state index is 10.9. The van der Waals surface area contributed by atoms with Crippen molar-refractivity contribution in [2.75, 3.05) is 0 Å². The number of hydrogen-bond acceptors (Lipinski definition) is 5. The summed E-state index contributed by atoms with van der Waals surface area (Å²) in [6, 6.07) is 15.4. The highest BCUT2D eigenvalue weighted by molar-refractivity contribution is 5.85. The topological polar surface area (TPSA) is 69.9 Å². The Labute approximate surface area is 150 Å². The number of fused-ring (bicyclic) bond motifs is 1.